The first-order valence-corrected chi connectivity index (χ1v) is 3.23. The third-order valence-electron chi connectivity index (χ3n) is 0.328. The van der Waals surface area contributed by atoms with Crippen molar-refractivity contribution in [3.63, 3.8) is 0 Å². The molecule has 0 saturated carbocycles. The van der Waals surface area contributed by atoms with Gasteiger partial charge in [0.1, 0.15) is 0 Å². The van der Waals surface area contributed by atoms with Gasteiger partial charge in [-0.1, -0.05) is 6.08 Å². The molecule has 8 heavy (non-hydrogen) atoms. The van der Waals surface area contributed by atoms with E-state index in [1.54, 1.807) is 0 Å². The Kier molecular flexibility index (Phi) is 6.94. The van der Waals surface area contributed by atoms with Crippen molar-refractivity contribution in [1.82, 2.24) is 0 Å². The van der Waals surface area contributed by atoms with Crippen LogP contribution >= 0.6 is 0 Å². The summed E-state index contributed by atoms with van der Waals surface area (Å²) in [6.07, 6.45) is 1.12. The third kappa shape index (κ3) is 10.0. The van der Waals surface area contributed by atoms with Crippen molar-refractivity contribution in [3.05, 3.63) is 12.7 Å². The van der Waals surface area contributed by atoms with Gasteiger partial charge >= 0.3 is 37.7 Å². The van der Waals surface area contributed by atoms with Gasteiger partial charge in [-0.15, -0.1) is 6.58 Å². The van der Waals surface area contributed by atoms with E-state index in [0.29, 0.717) is 0 Å². The van der Waals surface area contributed by atoms with Crippen LogP contribution in [0.1, 0.15) is 2.85 Å². The molecule has 0 saturated heterocycles. The van der Waals surface area contributed by atoms with Crippen molar-refractivity contribution in [1.29, 1.82) is 0 Å². The van der Waals surface area contributed by atoms with Crippen LogP contribution in [0.5, 0.6) is 0 Å². The molecule has 0 radical (unpaired) electrons. The number of hydrogen-bond acceptors (Lipinski definition) is 2. The van der Waals surface area contributed by atoms with E-state index >= 15 is 0 Å². The molecule has 46 valence electrons. The van der Waals surface area contributed by atoms with E-state index in [2.05, 4.69) is 6.58 Å². The van der Waals surface area contributed by atoms with Gasteiger partial charge in [0.2, 0.25) is 0 Å². The minimum absolute atomic E-state index is 0. The normalized spacial score (nSPS) is 9.62. The number of hydrogen-bond donors (Lipinski definition) is 1. The second-order valence-electron chi connectivity index (χ2n) is 1.04. The van der Waals surface area contributed by atoms with Crippen LogP contribution in [0, 0.1) is 0 Å². The topological polar surface area (TPSA) is 54.4 Å². The molecule has 0 unspecified atom stereocenters. The molecular weight excluding hydrogens is 156 g/mol. The Labute approximate surface area is 81.5 Å². The van der Waals surface area contributed by atoms with E-state index < -0.39 is 10.1 Å². The smallest absolute Gasteiger partial charge is 1.00 e. The predicted molar refractivity (Wildman–Crippen MR) is 34.6 cm³/mol. The van der Waals surface area contributed by atoms with Crippen LogP contribution in [-0.2, 0) is 10.1 Å². The Morgan fingerprint density at radius 1 is 1.75 bits per heavy atom. The Hall–Kier alpha value is 0.910. The summed E-state index contributed by atoms with van der Waals surface area (Å²) in [4.78, 5) is 0. The number of rotatable bonds is 2. The van der Waals surface area contributed by atoms with Gasteiger partial charge in [-0.2, -0.15) is 8.42 Å². The first-order valence-electron chi connectivity index (χ1n) is 1.62. The maximum atomic E-state index is 9.72. The second-order valence-corrected chi connectivity index (χ2v) is 2.53. The molecular formula is C3H8CaO3S. The van der Waals surface area contributed by atoms with E-state index in [9.17, 15) is 8.42 Å². The van der Waals surface area contributed by atoms with Gasteiger partial charge in [0.25, 0.3) is 10.1 Å². The monoisotopic (exact) mass is 164 g/mol. The van der Waals surface area contributed by atoms with E-state index in [1.165, 1.54) is 0 Å². The molecule has 0 aliphatic rings. The Morgan fingerprint density at radius 2 is 2.12 bits per heavy atom. The van der Waals surface area contributed by atoms with Crippen LogP contribution < -0.4 is 0 Å². The quantitative estimate of drug-likeness (QED) is 0.352. The molecule has 3 nitrogen and oxygen atoms in total. The average Bonchev–Trinajstić information content (AvgIpc) is 1.30. The van der Waals surface area contributed by atoms with Gasteiger partial charge in [-0.25, -0.2) is 0 Å². The first kappa shape index (κ1) is 11.7. The van der Waals surface area contributed by atoms with Crippen LogP contribution in [0.15, 0.2) is 12.7 Å². The first-order chi connectivity index (χ1) is 3.06. The van der Waals surface area contributed by atoms with Crippen LogP contribution in [-0.4, -0.2) is 56.5 Å². The summed E-state index contributed by atoms with van der Waals surface area (Å²) in [5.41, 5.74) is 0. The van der Waals surface area contributed by atoms with Gasteiger partial charge in [0.15, 0.2) is 0 Å². The molecule has 0 aromatic heterocycles. The van der Waals surface area contributed by atoms with Crippen LogP contribution in [0.2, 0.25) is 0 Å². The maximum Gasteiger partial charge on any atom is 2.00 e. The zero-order valence-electron chi connectivity index (χ0n) is 6.37. The minimum Gasteiger partial charge on any atom is -1.00 e. The van der Waals surface area contributed by atoms with Crippen LogP contribution in [0.4, 0.5) is 0 Å². The minimum atomic E-state index is -3.79. The van der Waals surface area contributed by atoms with Gasteiger partial charge in [0.05, 0.1) is 5.75 Å². The van der Waals surface area contributed by atoms with Crippen molar-refractivity contribution in [2.75, 3.05) is 5.75 Å². The zero-order chi connectivity index (χ0) is 5.91. The largest absolute Gasteiger partial charge is 2.00 e. The molecule has 0 amide bonds. The summed E-state index contributed by atoms with van der Waals surface area (Å²) in [7, 11) is -3.79. The Bertz CT molecular complexity index is 155. The van der Waals surface area contributed by atoms with Gasteiger partial charge in [-0.3, -0.25) is 4.55 Å². The standard InChI is InChI=1S/C3H6O3S.Ca.2H/c1-2-3-7(4,5)6;;;/h2H,1,3H2,(H,4,5,6);;;/q;+2;2*-1. The molecule has 0 fully saturated rings. The predicted octanol–water partition coefficient (Wildman–Crippen LogP) is -0.0956. The van der Waals surface area contributed by atoms with Crippen molar-refractivity contribution in [2.24, 2.45) is 0 Å². The summed E-state index contributed by atoms with van der Waals surface area (Å²) in [6, 6.07) is 0. The van der Waals surface area contributed by atoms with Crippen molar-refractivity contribution >= 4 is 47.9 Å². The molecule has 0 aliphatic heterocycles. The fourth-order valence-electron chi connectivity index (χ4n) is 0.149. The Balaban J connectivity index is -0.0000000600. The summed E-state index contributed by atoms with van der Waals surface area (Å²) in [5.74, 6) is -0.368. The maximum absolute atomic E-state index is 9.72. The second kappa shape index (κ2) is 4.76. The zero-order valence-corrected chi connectivity index (χ0v) is 7.40. The van der Waals surface area contributed by atoms with Gasteiger partial charge < -0.3 is 2.85 Å². The van der Waals surface area contributed by atoms with Gasteiger partial charge in [-0.05, 0) is 0 Å². The summed E-state index contributed by atoms with van der Waals surface area (Å²) in [6.45, 7) is 3.11. The molecule has 0 rings (SSSR count). The van der Waals surface area contributed by atoms with Gasteiger partial charge in [0, 0.05) is 0 Å². The molecule has 0 aromatic carbocycles. The molecule has 0 atom stereocenters. The molecule has 5 heteroatoms. The molecule has 0 aromatic rings. The van der Waals surface area contributed by atoms with E-state index in [4.69, 9.17) is 4.55 Å². The van der Waals surface area contributed by atoms with Crippen molar-refractivity contribution in [3.8, 4) is 0 Å². The third-order valence-corrected chi connectivity index (χ3v) is 0.985. The van der Waals surface area contributed by atoms with Crippen LogP contribution in [0.25, 0.3) is 0 Å². The summed E-state index contributed by atoms with van der Waals surface area (Å²) in [5, 5.41) is 0. The van der Waals surface area contributed by atoms with E-state index in [0.717, 1.165) is 6.08 Å². The van der Waals surface area contributed by atoms with Crippen molar-refractivity contribution in [2.45, 2.75) is 0 Å². The molecule has 0 bridgehead atoms. The molecule has 0 aliphatic carbocycles. The van der Waals surface area contributed by atoms with Crippen molar-refractivity contribution < 1.29 is 15.8 Å². The Morgan fingerprint density at radius 3 is 2.12 bits per heavy atom. The van der Waals surface area contributed by atoms with E-state index in [1.807, 2.05) is 0 Å². The SMILES string of the molecule is C=CCS(=O)(=O)O.[Ca+2].[H-].[H-]. The van der Waals surface area contributed by atoms with Crippen LogP contribution in [0.3, 0.4) is 0 Å². The fourth-order valence-corrected chi connectivity index (χ4v) is 0.447. The summed E-state index contributed by atoms with van der Waals surface area (Å²) >= 11 is 0. The molecule has 0 spiro atoms. The molecule has 1 N–H and O–H groups in total. The average molecular weight is 164 g/mol. The van der Waals surface area contributed by atoms with E-state index in [-0.39, 0.29) is 46.3 Å². The molecule has 0 heterocycles. The summed E-state index contributed by atoms with van der Waals surface area (Å²) < 4.78 is 27.3. The fraction of sp³-hybridized carbons (Fsp3) is 0.333.